The molecule has 0 spiro atoms. The van der Waals surface area contributed by atoms with Gasteiger partial charge in [0.1, 0.15) is 6.26 Å². The number of aryl methyl sites for hydroxylation is 1. The van der Waals surface area contributed by atoms with Gasteiger partial charge in [-0.15, -0.1) is 0 Å². The third-order valence-electron chi connectivity index (χ3n) is 6.53. The minimum absolute atomic E-state index is 0.0140. The van der Waals surface area contributed by atoms with Crippen LogP contribution in [0, 0.1) is 6.92 Å². The lowest BCUT2D eigenvalue weighted by atomic mass is 9.94. The summed E-state index contributed by atoms with van der Waals surface area (Å²) >= 11 is 0. The maximum Gasteiger partial charge on any atom is 0.275 e. The van der Waals surface area contributed by atoms with E-state index in [4.69, 9.17) is 4.42 Å². The van der Waals surface area contributed by atoms with Crippen LogP contribution in [0.4, 0.5) is 0 Å². The number of carbonyl (C=O) groups is 1. The van der Waals surface area contributed by atoms with Gasteiger partial charge in [0.2, 0.25) is 5.89 Å². The number of oxazole rings is 1. The molecule has 1 saturated carbocycles. The van der Waals surface area contributed by atoms with Crippen LogP contribution in [-0.2, 0) is 13.1 Å². The molecular weight excluding hydrogens is 376 g/mol. The van der Waals surface area contributed by atoms with Gasteiger partial charge in [-0.2, -0.15) is 0 Å². The van der Waals surface area contributed by atoms with Crippen LogP contribution in [0.1, 0.15) is 59.6 Å². The van der Waals surface area contributed by atoms with Crippen LogP contribution in [0.25, 0.3) is 0 Å². The normalized spacial score (nSPS) is 19.1. The molecule has 4 rings (SSSR count). The van der Waals surface area contributed by atoms with Crippen LogP contribution in [0.2, 0.25) is 0 Å². The van der Waals surface area contributed by atoms with Gasteiger partial charge in [-0.3, -0.25) is 14.6 Å². The number of rotatable bonds is 6. The topological polar surface area (TPSA) is 52.8 Å². The molecule has 1 aliphatic heterocycles. The first kappa shape index (κ1) is 21.1. The van der Waals surface area contributed by atoms with Crippen molar-refractivity contribution >= 4 is 5.91 Å². The molecule has 0 atom stereocenters. The lowest BCUT2D eigenvalue weighted by Gasteiger charge is -2.34. The maximum atomic E-state index is 12.8. The predicted molar refractivity (Wildman–Crippen MR) is 117 cm³/mol. The second-order valence-corrected chi connectivity index (χ2v) is 8.88. The number of carbonyl (C=O) groups excluding carboxylic acids is 1. The van der Waals surface area contributed by atoms with Gasteiger partial charge in [0.25, 0.3) is 5.91 Å². The van der Waals surface area contributed by atoms with Crippen molar-refractivity contribution < 1.29 is 9.21 Å². The van der Waals surface area contributed by atoms with Gasteiger partial charge in [-0.05, 0) is 25.3 Å². The Morgan fingerprint density at radius 1 is 1.10 bits per heavy atom. The van der Waals surface area contributed by atoms with E-state index in [2.05, 4.69) is 46.0 Å². The van der Waals surface area contributed by atoms with E-state index in [0.717, 1.165) is 45.6 Å². The SMILES string of the molecule is Cc1cccc(CN2CCN(Cc3nc(C(=O)N(C)C4CCCCC4)co3)CC2)c1. The summed E-state index contributed by atoms with van der Waals surface area (Å²) in [7, 11) is 1.90. The number of piperazine rings is 1. The van der Waals surface area contributed by atoms with Crippen molar-refractivity contribution in [1.29, 1.82) is 0 Å². The van der Waals surface area contributed by atoms with E-state index in [1.807, 2.05) is 11.9 Å². The lowest BCUT2D eigenvalue weighted by molar-refractivity contribution is 0.0690. The van der Waals surface area contributed by atoms with Gasteiger partial charge in [-0.25, -0.2) is 4.98 Å². The Kier molecular flexibility index (Phi) is 6.85. The molecule has 0 bridgehead atoms. The number of aromatic nitrogens is 1. The fourth-order valence-electron chi connectivity index (χ4n) is 4.66. The molecule has 2 fully saturated rings. The van der Waals surface area contributed by atoms with Crippen LogP contribution < -0.4 is 0 Å². The number of nitrogens with zero attached hydrogens (tertiary/aromatic N) is 4. The van der Waals surface area contributed by atoms with Gasteiger partial charge in [0.15, 0.2) is 5.69 Å². The van der Waals surface area contributed by atoms with Crippen molar-refractivity contribution in [3.05, 3.63) is 53.2 Å². The molecule has 1 aromatic carbocycles. The van der Waals surface area contributed by atoms with E-state index in [9.17, 15) is 4.79 Å². The van der Waals surface area contributed by atoms with E-state index in [1.54, 1.807) is 0 Å². The van der Waals surface area contributed by atoms with Crippen molar-refractivity contribution in [3.63, 3.8) is 0 Å². The molecule has 1 amide bonds. The summed E-state index contributed by atoms with van der Waals surface area (Å²) in [5.41, 5.74) is 3.13. The Balaban J connectivity index is 1.26. The zero-order valence-electron chi connectivity index (χ0n) is 18.3. The molecule has 6 nitrogen and oxygen atoms in total. The molecule has 1 aliphatic carbocycles. The van der Waals surface area contributed by atoms with Crippen LogP contribution in [0.5, 0.6) is 0 Å². The Labute approximate surface area is 179 Å². The number of hydrogen-bond acceptors (Lipinski definition) is 5. The van der Waals surface area contributed by atoms with Gasteiger partial charge in [0, 0.05) is 45.8 Å². The third-order valence-corrected chi connectivity index (χ3v) is 6.53. The molecule has 30 heavy (non-hydrogen) atoms. The summed E-state index contributed by atoms with van der Waals surface area (Å²) in [6.45, 7) is 7.84. The van der Waals surface area contributed by atoms with Gasteiger partial charge < -0.3 is 9.32 Å². The van der Waals surface area contributed by atoms with E-state index < -0.39 is 0 Å². The average Bonchev–Trinajstić information content (AvgIpc) is 3.23. The average molecular weight is 411 g/mol. The van der Waals surface area contributed by atoms with Crippen LogP contribution in [0.15, 0.2) is 34.9 Å². The molecule has 2 aromatic rings. The van der Waals surface area contributed by atoms with Crippen molar-refractivity contribution in [2.75, 3.05) is 33.2 Å². The molecule has 1 saturated heterocycles. The molecule has 2 heterocycles. The summed E-state index contributed by atoms with van der Waals surface area (Å²) in [5.74, 6) is 0.627. The molecule has 0 unspecified atom stereocenters. The highest BCUT2D eigenvalue weighted by atomic mass is 16.3. The first-order valence-corrected chi connectivity index (χ1v) is 11.3. The fraction of sp³-hybridized carbons (Fsp3) is 0.583. The number of benzene rings is 1. The summed E-state index contributed by atoms with van der Waals surface area (Å²) in [6.07, 6.45) is 7.43. The Hall–Kier alpha value is -2.18. The van der Waals surface area contributed by atoms with E-state index in [-0.39, 0.29) is 5.91 Å². The molecule has 1 aromatic heterocycles. The smallest absolute Gasteiger partial charge is 0.275 e. The van der Waals surface area contributed by atoms with Crippen molar-refractivity contribution in [2.45, 2.75) is 58.2 Å². The number of amides is 1. The predicted octanol–water partition coefficient (Wildman–Crippen LogP) is 3.71. The van der Waals surface area contributed by atoms with Crippen molar-refractivity contribution in [2.24, 2.45) is 0 Å². The first-order chi connectivity index (χ1) is 14.6. The molecule has 2 aliphatic rings. The fourth-order valence-corrected chi connectivity index (χ4v) is 4.66. The Morgan fingerprint density at radius 2 is 1.80 bits per heavy atom. The van der Waals surface area contributed by atoms with Gasteiger partial charge in [-0.1, -0.05) is 49.1 Å². The largest absolute Gasteiger partial charge is 0.447 e. The monoisotopic (exact) mass is 410 g/mol. The van der Waals surface area contributed by atoms with Gasteiger partial charge in [0.05, 0.1) is 6.54 Å². The van der Waals surface area contributed by atoms with Crippen molar-refractivity contribution in [3.8, 4) is 0 Å². The van der Waals surface area contributed by atoms with Crippen LogP contribution in [0.3, 0.4) is 0 Å². The number of hydrogen-bond donors (Lipinski definition) is 0. The van der Waals surface area contributed by atoms with Crippen molar-refractivity contribution in [1.82, 2.24) is 19.7 Å². The zero-order chi connectivity index (χ0) is 20.9. The lowest BCUT2D eigenvalue weighted by Crippen LogP contribution is -2.45. The molecule has 162 valence electrons. The van der Waals surface area contributed by atoms with Crippen LogP contribution in [-0.4, -0.2) is 64.9 Å². The quantitative estimate of drug-likeness (QED) is 0.727. The van der Waals surface area contributed by atoms with Crippen LogP contribution >= 0.6 is 0 Å². The van der Waals surface area contributed by atoms with E-state index in [1.165, 1.54) is 36.7 Å². The molecule has 6 heteroatoms. The summed E-state index contributed by atoms with van der Waals surface area (Å²) in [4.78, 5) is 24.0. The zero-order valence-corrected chi connectivity index (χ0v) is 18.3. The minimum atomic E-state index is -0.0140. The minimum Gasteiger partial charge on any atom is -0.447 e. The molecular formula is C24H34N4O2. The van der Waals surface area contributed by atoms with E-state index >= 15 is 0 Å². The summed E-state index contributed by atoms with van der Waals surface area (Å²) in [5, 5.41) is 0. The highest BCUT2D eigenvalue weighted by Gasteiger charge is 2.26. The van der Waals surface area contributed by atoms with Gasteiger partial charge >= 0.3 is 0 Å². The maximum absolute atomic E-state index is 12.8. The second kappa shape index (κ2) is 9.75. The Morgan fingerprint density at radius 3 is 2.50 bits per heavy atom. The molecule has 0 N–H and O–H groups in total. The summed E-state index contributed by atoms with van der Waals surface area (Å²) in [6, 6.07) is 9.09. The Bertz CT molecular complexity index is 835. The first-order valence-electron chi connectivity index (χ1n) is 11.3. The third kappa shape index (κ3) is 5.29. The highest BCUT2D eigenvalue weighted by Crippen LogP contribution is 2.23. The standard InChI is InChI=1S/C24H34N4O2/c1-19-7-6-8-20(15-19)16-27-11-13-28(14-12-27)17-23-25-22(18-30-23)24(29)26(2)21-9-4-3-5-10-21/h6-8,15,18,21H,3-5,9-14,16-17H2,1-2H3. The van der Waals surface area contributed by atoms with E-state index in [0.29, 0.717) is 24.2 Å². The second-order valence-electron chi connectivity index (χ2n) is 8.88. The molecule has 0 radical (unpaired) electrons. The highest BCUT2D eigenvalue weighted by molar-refractivity contribution is 5.92. The summed E-state index contributed by atoms with van der Waals surface area (Å²) < 4.78 is 5.65.